The predicted octanol–water partition coefficient (Wildman–Crippen LogP) is 3.73. The lowest BCUT2D eigenvalue weighted by atomic mass is 9.83. The summed E-state index contributed by atoms with van der Waals surface area (Å²) in [5.74, 6) is 0.0443. The van der Waals surface area contributed by atoms with Crippen molar-refractivity contribution < 1.29 is 8.78 Å². The lowest BCUT2D eigenvalue weighted by molar-refractivity contribution is 0.139. The van der Waals surface area contributed by atoms with Crippen LogP contribution in [0, 0.1) is 30.4 Å². The van der Waals surface area contributed by atoms with Crippen LogP contribution in [-0.4, -0.2) is 46.2 Å². The second-order valence-electron chi connectivity index (χ2n) is 8.15. The van der Waals surface area contributed by atoms with Crippen molar-refractivity contribution in [2.24, 2.45) is 11.8 Å². The van der Waals surface area contributed by atoms with E-state index in [9.17, 15) is 8.78 Å². The molecule has 0 aliphatic carbocycles. The number of hydrogen-bond donors (Lipinski definition) is 1. The van der Waals surface area contributed by atoms with Crippen LogP contribution in [0.5, 0.6) is 0 Å². The number of aromatic amines is 1. The van der Waals surface area contributed by atoms with Gasteiger partial charge in [-0.3, -0.25) is 14.9 Å². The van der Waals surface area contributed by atoms with E-state index in [1.165, 1.54) is 12.5 Å². The molecule has 0 radical (unpaired) electrons. The number of rotatable bonds is 5. The molecule has 1 atom stereocenters. The Labute approximate surface area is 159 Å². The van der Waals surface area contributed by atoms with E-state index in [4.69, 9.17) is 0 Å². The number of halogens is 2. The van der Waals surface area contributed by atoms with E-state index in [1.54, 1.807) is 12.1 Å². The minimum atomic E-state index is -0.750. The first-order chi connectivity index (χ1) is 13.1. The number of aryl methyl sites for hydroxylation is 1. The van der Waals surface area contributed by atoms with Crippen molar-refractivity contribution >= 4 is 0 Å². The molecule has 3 heterocycles. The van der Waals surface area contributed by atoms with Crippen molar-refractivity contribution in [2.45, 2.75) is 39.3 Å². The Bertz CT molecular complexity index is 767. The van der Waals surface area contributed by atoms with E-state index >= 15 is 0 Å². The lowest BCUT2D eigenvalue weighted by Gasteiger charge is -2.35. The molecule has 1 aromatic heterocycles. The fourth-order valence-electron chi connectivity index (χ4n) is 4.67. The second-order valence-corrected chi connectivity index (χ2v) is 8.15. The van der Waals surface area contributed by atoms with Crippen molar-refractivity contribution in [1.29, 1.82) is 0 Å². The maximum absolute atomic E-state index is 13.9. The third-order valence-corrected chi connectivity index (χ3v) is 6.18. The van der Waals surface area contributed by atoms with Crippen LogP contribution in [0.15, 0.2) is 24.3 Å². The molecule has 27 heavy (non-hydrogen) atoms. The minimum absolute atomic E-state index is 0.467. The zero-order chi connectivity index (χ0) is 18.8. The van der Waals surface area contributed by atoms with Gasteiger partial charge in [0, 0.05) is 30.9 Å². The molecule has 0 amide bonds. The molecule has 4 nitrogen and oxygen atoms in total. The van der Waals surface area contributed by atoms with Gasteiger partial charge in [-0.05, 0) is 69.8 Å². The molecule has 2 aromatic rings. The monoisotopic (exact) mass is 374 g/mol. The number of hydrogen-bond acceptors (Lipinski definition) is 3. The number of nitrogens with one attached hydrogen (secondary N) is 1. The van der Waals surface area contributed by atoms with Crippen LogP contribution in [-0.2, 0) is 13.1 Å². The fraction of sp³-hybridized carbons (Fsp3) is 0.571. The summed E-state index contributed by atoms with van der Waals surface area (Å²) in [6, 6.07) is 6.59. The van der Waals surface area contributed by atoms with Gasteiger partial charge < -0.3 is 0 Å². The molecule has 6 heteroatoms. The Hall–Kier alpha value is -1.79. The molecular formula is C21H28F2N4. The Morgan fingerprint density at radius 3 is 2.52 bits per heavy atom. The number of benzene rings is 1. The summed E-state index contributed by atoms with van der Waals surface area (Å²) in [5, 5.41) is 7.37. The summed E-state index contributed by atoms with van der Waals surface area (Å²) in [4.78, 5) is 4.77. The zero-order valence-electron chi connectivity index (χ0n) is 15.9. The summed E-state index contributed by atoms with van der Waals surface area (Å²) >= 11 is 0. The normalized spacial score (nSPS) is 22.6. The largest absolute Gasteiger partial charge is 0.299 e. The Morgan fingerprint density at radius 1 is 1.04 bits per heavy atom. The van der Waals surface area contributed by atoms with Crippen molar-refractivity contribution in [3.63, 3.8) is 0 Å². The Morgan fingerprint density at radius 2 is 1.78 bits per heavy atom. The highest BCUT2D eigenvalue weighted by atomic mass is 19.2. The summed E-state index contributed by atoms with van der Waals surface area (Å²) in [7, 11) is 0. The predicted molar refractivity (Wildman–Crippen MR) is 101 cm³/mol. The molecule has 2 aliphatic rings. The molecule has 146 valence electrons. The maximum Gasteiger partial charge on any atom is 0.163 e. The van der Waals surface area contributed by atoms with Crippen molar-refractivity contribution in [3.05, 3.63) is 52.9 Å². The molecule has 4 rings (SSSR count). The molecule has 0 bridgehead atoms. The molecular weight excluding hydrogens is 346 g/mol. The van der Waals surface area contributed by atoms with E-state index in [1.807, 2.05) is 6.92 Å². The maximum atomic E-state index is 13.9. The van der Waals surface area contributed by atoms with Gasteiger partial charge in [-0.2, -0.15) is 5.10 Å². The van der Waals surface area contributed by atoms with Crippen LogP contribution in [0.3, 0.4) is 0 Å². The number of H-pyrrole nitrogens is 1. The van der Waals surface area contributed by atoms with E-state index in [2.05, 4.69) is 26.1 Å². The van der Waals surface area contributed by atoms with Gasteiger partial charge in [0.25, 0.3) is 0 Å². The number of aromatic nitrogens is 2. The Kier molecular flexibility index (Phi) is 5.55. The van der Waals surface area contributed by atoms with Gasteiger partial charge >= 0.3 is 0 Å². The smallest absolute Gasteiger partial charge is 0.163 e. The number of piperidine rings is 1. The third-order valence-electron chi connectivity index (χ3n) is 6.18. The average molecular weight is 374 g/mol. The first-order valence-electron chi connectivity index (χ1n) is 9.97. The minimum Gasteiger partial charge on any atom is -0.299 e. The summed E-state index contributed by atoms with van der Waals surface area (Å²) < 4.78 is 27.3. The SMILES string of the molecule is Cc1cc(CN2CC[C@H](C3CCN(Cc4cccc(F)c4F)CC3)C2)n[nH]1. The summed E-state index contributed by atoms with van der Waals surface area (Å²) in [5.41, 5.74) is 2.71. The van der Waals surface area contributed by atoms with Gasteiger partial charge in [-0.15, -0.1) is 0 Å². The van der Waals surface area contributed by atoms with Crippen LogP contribution in [0.25, 0.3) is 0 Å². The first kappa shape index (κ1) is 18.6. The molecule has 2 aliphatic heterocycles. The standard InChI is InChI=1S/C21H28F2N4/c1-15-11-19(25-24-15)14-27-10-7-17(12-27)16-5-8-26(9-6-16)13-18-3-2-4-20(22)21(18)23/h2-4,11,16-17H,5-10,12-14H2,1H3,(H,24,25)/t17-/m0/s1. The first-order valence-corrected chi connectivity index (χ1v) is 9.97. The van der Waals surface area contributed by atoms with Crippen LogP contribution in [0.2, 0.25) is 0 Å². The van der Waals surface area contributed by atoms with E-state index in [0.717, 1.165) is 68.8 Å². The molecule has 0 saturated carbocycles. The molecule has 1 N–H and O–H groups in total. The zero-order valence-corrected chi connectivity index (χ0v) is 15.9. The molecule has 2 saturated heterocycles. The highest BCUT2D eigenvalue weighted by Gasteiger charge is 2.32. The van der Waals surface area contributed by atoms with Gasteiger partial charge in [0.05, 0.1) is 5.69 Å². The topological polar surface area (TPSA) is 35.2 Å². The lowest BCUT2D eigenvalue weighted by Crippen LogP contribution is -2.36. The van der Waals surface area contributed by atoms with Gasteiger partial charge in [-0.25, -0.2) is 8.78 Å². The number of likely N-dealkylation sites (tertiary alicyclic amines) is 2. The van der Waals surface area contributed by atoms with Crippen LogP contribution in [0.4, 0.5) is 8.78 Å². The van der Waals surface area contributed by atoms with Crippen LogP contribution < -0.4 is 0 Å². The van der Waals surface area contributed by atoms with Crippen molar-refractivity contribution in [3.8, 4) is 0 Å². The van der Waals surface area contributed by atoms with Crippen LogP contribution >= 0.6 is 0 Å². The number of nitrogens with zero attached hydrogens (tertiary/aromatic N) is 3. The van der Waals surface area contributed by atoms with Crippen LogP contribution in [0.1, 0.15) is 36.2 Å². The summed E-state index contributed by atoms with van der Waals surface area (Å²) in [6.45, 7) is 7.70. The van der Waals surface area contributed by atoms with Gasteiger partial charge in [0.1, 0.15) is 0 Å². The molecule has 0 unspecified atom stereocenters. The quantitative estimate of drug-likeness (QED) is 0.866. The van der Waals surface area contributed by atoms with E-state index in [0.29, 0.717) is 12.1 Å². The highest BCUT2D eigenvalue weighted by Crippen LogP contribution is 2.33. The van der Waals surface area contributed by atoms with Gasteiger partial charge in [0.15, 0.2) is 11.6 Å². The molecule has 1 aromatic carbocycles. The van der Waals surface area contributed by atoms with Crippen molar-refractivity contribution in [1.82, 2.24) is 20.0 Å². The average Bonchev–Trinajstić information content (AvgIpc) is 3.29. The second kappa shape index (κ2) is 8.07. The van der Waals surface area contributed by atoms with E-state index < -0.39 is 11.6 Å². The van der Waals surface area contributed by atoms with Gasteiger partial charge in [0.2, 0.25) is 0 Å². The molecule has 0 spiro atoms. The third kappa shape index (κ3) is 4.38. The Balaban J connectivity index is 1.25. The van der Waals surface area contributed by atoms with E-state index in [-0.39, 0.29) is 0 Å². The highest BCUT2D eigenvalue weighted by molar-refractivity contribution is 5.19. The van der Waals surface area contributed by atoms with Gasteiger partial charge in [-0.1, -0.05) is 12.1 Å². The fourth-order valence-corrected chi connectivity index (χ4v) is 4.67. The summed E-state index contributed by atoms with van der Waals surface area (Å²) in [6.07, 6.45) is 3.56. The molecule has 2 fully saturated rings. The van der Waals surface area contributed by atoms with Crippen molar-refractivity contribution in [2.75, 3.05) is 26.2 Å².